The van der Waals surface area contributed by atoms with Crippen LogP contribution in [0.1, 0.15) is 66.6 Å². The highest BCUT2D eigenvalue weighted by atomic mass is 28.4. The van der Waals surface area contributed by atoms with Gasteiger partial charge in [0.05, 0.1) is 45.7 Å². The predicted octanol–water partition coefficient (Wildman–Crippen LogP) is 9.58. The second-order valence-electron chi connectivity index (χ2n) is 19.5. The summed E-state index contributed by atoms with van der Waals surface area (Å²) in [5.41, 5.74) is 3.73. The van der Waals surface area contributed by atoms with Gasteiger partial charge in [0, 0.05) is 5.56 Å². The maximum absolute atomic E-state index is 14.2. The van der Waals surface area contributed by atoms with Crippen molar-refractivity contribution < 1.29 is 61.7 Å². The zero-order valence-corrected chi connectivity index (χ0v) is 42.2. The van der Waals surface area contributed by atoms with E-state index in [0.717, 1.165) is 22.3 Å². The molecule has 3 heterocycles. The minimum atomic E-state index is -2.51. The van der Waals surface area contributed by atoms with Crippen molar-refractivity contribution >= 4 is 14.3 Å². The molecule has 3 aliphatic heterocycles. The van der Waals surface area contributed by atoms with E-state index in [9.17, 15) is 9.90 Å². The molecule has 70 heavy (non-hydrogen) atoms. The number of benzene rings is 5. The van der Waals surface area contributed by atoms with Gasteiger partial charge in [0.15, 0.2) is 33.3 Å². The fraction of sp³-hybridized carbons (Fsp3) is 0.446. The Balaban J connectivity index is 1.19. The lowest BCUT2D eigenvalue weighted by molar-refractivity contribution is -0.392. The summed E-state index contributed by atoms with van der Waals surface area (Å²) in [6.07, 6.45) is -11.3. The molecule has 0 aromatic heterocycles. The van der Waals surface area contributed by atoms with Crippen LogP contribution in [0, 0.1) is 5.92 Å². The number of ether oxygens (including phenoxy) is 10. The normalized spacial score (nSPS) is 27.1. The molecule has 14 heteroatoms. The molecule has 3 saturated heterocycles. The maximum Gasteiger partial charge on any atom is 0.338 e. The van der Waals surface area contributed by atoms with Crippen molar-refractivity contribution in [2.75, 3.05) is 20.3 Å². The molecule has 0 radical (unpaired) electrons. The number of rotatable bonds is 20. The third-order valence-corrected chi connectivity index (χ3v) is 18.8. The van der Waals surface area contributed by atoms with Gasteiger partial charge in [-0.3, -0.25) is 0 Å². The van der Waals surface area contributed by atoms with Crippen molar-refractivity contribution in [1.82, 2.24) is 0 Å². The summed E-state index contributed by atoms with van der Waals surface area (Å²) < 4.78 is 73.1. The highest BCUT2D eigenvalue weighted by Gasteiger charge is 2.56. The minimum Gasteiger partial charge on any atom is -0.497 e. The fourth-order valence-electron chi connectivity index (χ4n) is 8.79. The topological polar surface area (TPSA) is 139 Å². The van der Waals surface area contributed by atoms with Crippen LogP contribution in [0.15, 0.2) is 146 Å². The smallest absolute Gasteiger partial charge is 0.338 e. The molecule has 3 fully saturated rings. The van der Waals surface area contributed by atoms with Gasteiger partial charge in [-0.2, -0.15) is 0 Å². The van der Waals surface area contributed by atoms with Crippen molar-refractivity contribution in [3.8, 4) is 5.75 Å². The third kappa shape index (κ3) is 12.4. The molecular weight excluding hydrogens is 909 g/mol. The fourth-order valence-corrected chi connectivity index (χ4v) is 11.1. The lowest BCUT2D eigenvalue weighted by Gasteiger charge is -2.51. The molecule has 0 spiro atoms. The Morgan fingerprint density at radius 1 is 0.671 bits per heavy atom. The van der Waals surface area contributed by atoms with Crippen LogP contribution in [0.2, 0.25) is 18.1 Å². The quantitative estimate of drug-likeness (QED) is 0.0586. The Bertz CT molecular complexity index is 2360. The SMILES string of the molecule is COc1ccc(CO[C@H]2[C@H](O[C@H]3[C@H](OCc4ccccc4)[C@@H](OC(=O)c4ccccc4)[C@H](OCc4ccccc4)O[C@@H]3CO[Si](C)(C)C(C)(C)C(C)C)O[C@@H]3CO[C@H](c4ccccc4)O[C@@H]3[C@@H]2O)cc1. The largest absolute Gasteiger partial charge is 0.497 e. The molecule has 8 rings (SSSR count). The van der Waals surface area contributed by atoms with Gasteiger partial charge in [-0.1, -0.05) is 149 Å². The van der Waals surface area contributed by atoms with E-state index < -0.39 is 82.0 Å². The zero-order valence-electron chi connectivity index (χ0n) is 41.2. The summed E-state index contributed by atoms with van der Waals surface area (Å²) in [4.78, 5) is 14.2. The van der Waals surface area contributed by atoms with Gasteiger partial charge in [0.25, 0.3) is 0 Å². The van der Waals surface area contributed by atoms with Crippen LogP contribution >= 0.6 is 0 Å². The molecule has 0 saturated carbocycles. The Hall–Kier alpha value is -4.81. The van der Waals surface area contributed by atoms with E-state index in [0.29, 0.717) is 17.2 Å². The molecule has 1 N–H and O–H groups in total. The Morgan fingerprint density at radius 3 is 1.83 bits per heavy atom. The van der Waals surface area contributed by atoms with Gasteiger partial charge in [-0.25, -0.2) is 4.79 Å². The molecule has 374 valence electrons. The number of aliphatic hydroxyl groups is 1. The first-order chi connectivity index (χ1) is 33.8. The molecule has 0 aliphatic carbocycles. The number of carbonyl (C=O) groups is 1. The van der Waals surface area contributed by atoms with Crippen molar-refractivity contribution in [3.05, 3.63) is 173 Å². The molecule has 5 aromatic rings. The number of hydrogen-bond donors (Lipinski definition) is 1. The summed E-state index contributed by atoms with van der Waals surface area (Å²) in [5.74, 6) is 0.406. The van der Waals surface area contributed by atoms with Crippen LogP contribution in [0.5, 0.6) is 5.75 Å². The number of esters is 1. The van der Waals surface area contributed by atoms with Crippen molar-refractivity contribution in [3.63, 3.8) is 0 Å². The molecule has 0 amide bonds. The van der Waals surface area contributed by atoms with Crippen LogP contribution in [0.4, 0.5) is 0 Å². The highest BCUT2D eigenvalue weighted by molar-refractivity contribution is 6.74. The van der Waals surface area contributed by atoms with E-state index in [1.165, 1.54) is 0 Å². The van der Waals surface area contributed by atoms with Gasteiger partial charge < -0.3 is 56.9 Å². The number of aliphatic hydroxyl groups excluding tert-OH is 1. The number of hydrogen-bond acceptors (Lipinski definition) is 13. The maximum atomic E-state index is 14.2. The standard InChI is InChI=1S/C56H68O13Si/c1-37(2)56(3,4)70(6,7)64-36-45-48(69-55-49(60-33-40-28-30-43(59-5)31-29-40)46(57)47-44(66-55)35-63-53(68-47)42-26-18-11-19-27-42)50(61-32-38-20-12-8-13-21-38)51(67-52(58)41-24-16-10-17-25-41)54(65-45)62-34-39-22-14-9-15-23-39/h8-31,37,44-51,53-55,57H,32-36H2,1-7H3/t44-,45-,46+,47+,48-,49-,50+,51-,53+,54-,55+/m1/s1. The Morgan fingerprint density at radius 2 is 1.23 bits per heavy atom. The summed E-state index contributed by atoms with van der Waals surface area (Å²) in [5, 5.41) is 12.3. The van der Waals surface area contributed by atoms with Gasteiger partial charge in [0.1, 0.15) is 48.5 Å². The number of methoxy groups -OCH3 is 1. The van der Waals surface area contributed by atoms with Crippen molar-refractivity contribution in [2.45, 2.75) is 133 Å². The summed E-state index contributed by atoms with van der Waals surface area (Å²) in [7, 11) is -0.903. The zero-order chi connectivity index (χ0) is 49.3. The van der Waals surface area contributed by atoms with Gasteiger partial charge in [-0.15, -0.1) is 0 Å². The Labute approximate surface area is 413 Å². The van der Waals surface area contributed by atoms with E-state index in [-0.39, 0.29) is 38.1 Å². The molecule has 0 bridgehead atoms. The average Bonchev–Trinajstić information content (AvgIpc) is 3.38. The summed E-state index contributed by atoms with van der Waals surface area (Å²) in [6, 6.07) is 45.2. The first kappa shape index (κ1) is 51.5. The van der Waals surface area contributed by atoms with Crippen LogP contribution < -0.4 is 4.74 Å². The van der Waals surface area contributed by atoms with Crippen molar-refractivity contribution in [1.29, 1.82) is 0 Å². The van der Waals surface area contributed by atoms with E-state index in [1.807, 2.05) is 121 Å². The summed E-state index contributed by atoms with van der Waals surface area (Å²) >= 11 is 0. The molecule has 11 atom stereocenters. The van der Waals surface area contributed by atoms with Gasteiger partial charge >= 0.3 is 5.97 Å². The second-order valence-corrected chi connectivity index (χ2v) is 24.1. The Kier molecular flexibility index (Phi) is 17.4. The van der Waals surface area contributed by atoms with Gasteiger partial charge in [-0.05, 0) is 65.0 Å². The number of fused-ring (bicyclic) bond motifs is 1. The predicted molar refractivity (Wildman–Crippen MR) is 264 cm³/mol. The molecule has 3 aliphatic rings. The van der Waals surface area contributed by atoms with Crippen LogP contribution in [0.3, 0.4) is 0 Å². The van der Waals surface area contributed by atoms with Gasteiger partial charge in [0.2, 0.25) is 0 Å². The molecule has 5 aromatic carbocycles. The first-order valence-electron chi connectivity index (χ1n) is 24.2. The monoisotopic (exact) mass is 976 g/mol. The van der Waals surface area contributed by atoms with Crippen LogP contribution in [0.25, 0.3) is 0 Å². The van der Waals surface area contributed by atoms with E-state index in [1.54, 1.807) is 31.4 Å². The summed E-state index contributed by atoms with van der Waals surface area (Å²) in [6.45, 7) is 13.8. The minimum absolute atomic E-state index is 0.0689. The van der Waals surface area contributed by atoms with Crippen LogP contribution in [-0.4, -0.2) is 101 Å². The van der Waals surface area contributed by atoms with Crippen molar-refractivity contribution in [2.24, 2.45) is 5.92 Å². The first-order valence-corrected chi connectivity index (χ1v) is 27.1. The molecule has 0 unspecified atom stereocenters. The van der Waals surface area contributed by atoms with E-state index >= 15 is 0 Å². The van der Waals surface area contributed by atoms with Crippen LogP contribution in [-0.2, 0) is 66.9 Å². The third-order valence-electron chi connectivity index (χ3n) is 14.3. The average molecular weight is 977 g/mol. The highest BCUT2D eigenvalue weighted by Crippen LogP contribution is 2.45. The number of carbonyl (C=O) groups excluding carboxylic acids is 1. The second kappa shape index (κ2) is 23.6. The molecular formula is C56H68O13Si. The van der Waals surface area contributed by atoms with E-state index in [4.69, 9.17) is 51.8 Å². The lowest BCUT2D eigenvalue weighted by Crippen LogP contribution is -2.67. The lowest BCUT2D eigenvalue weighted by atomic mass is 9.95. The van der Waals surface area contributed by atoms with E-state index in [2.05, 4.69) is 40.8 Å². The molecule has 13 nitrogen and oxygen atoms in total.